The quantitative estimate of drug-likeness (QED) is 0.622. The average molecular weight is 201 g/mol. The molecule has 2 heterocycles. The molecule has 15 heavy (non-hydrogen) atoms. The van der Waals surface area contributed by atoms with E-state index in [1.54, 1.807) is 6.08 Å². The summed E-state index contributed by atoms with van der Waals surface area (Å²) < 4.78 is 0. The van der Waals surface area contributed by atoms with Gasteiger partial charge in [0.15, 0.2) is 0 Å². The third-order valence-corrected chi connectivity index (χ3v) is 2.55. The molecule has 0 atom stereocenters. The van der Waals surface area contributed by atoms with Gasteiger partial charge in [-0.05, 0) is 29.5 Å². The van der Waals surface area contributed by atoms with Gasteiger partial charge in [-0.15, -0.1) is 0 Å². The van der Waals surface area contributed by atoms with Crippen LogP contribution < -0.4 is 16.4 Å². The van der Waals surface area contributed by atoms with Gasteiger partial charge in [-0.3, -0.25) is 0 Å². The van der Waals surface area contributed by atoms with E-state index in [2.05, 4.69) is 29.4 Å². The van der Waals surface area contributed by atoms with Crippen LogP contribution in [-0.2, 0) is 0 Å². The molecule has 0 radical (unpaired) electrons. The van der Waals surface area contributed by atoms with E-state index in [9.17, 15) is 0 Å². The number of hydrogen-bond acceptors (Lipinski definition) is 3. The highest BCUT2D eigenvalue weighted by Crippen LogP contribution is 2.18. The Hall–Kier alpha value is -1.90. The fourth-order valence-corrected chi connectivity index (χ4v) is 1.66. The Balaban J connectivity index is 2.28. The smallest absolute Gasteiger partial charge is 0.104 e. The van der Waals surface area contributed by atoms with Crippen molar-refractivity contribution in [1.29, 1.82) is 0 Å². The summed E-state index contributed by atoms with van der Waals surface area (Å²) in [6, 6.07) is 0. The van der Waals surface area contributed by atoms with Gasteiger partial charge in [0, 0.05) is 18.7 Å². The van der Waals surface area contributed by atoms with Gasteiger partial charge >= 0.3 is 0 Å². The molecule has 0 unspecified atom stereocenters. The molecule has 0 aliphatic carbocycles. The molecular weight excluding hydrogens is 186 g/mol. The summed E-state index contributed by atoms with van der Waals surface area (Å²) in [5, 5.41) is 6.34. The monoisotopic (exact) mass is 201 g/mol. The predicted octanol–water partition coefficient (Wildman–Crippen LogP) is 0.916. The maximum atomic E-state index is 5.78. The molecule has 2 rings (SSSR count). The molecular formula is C12H15N3. The Morgan fingerprint density at radius 2 is 2.20 bits per heavy atom. The van der Waals surface area contributed by atoms with Crippen molar-refractivity contribution in [3.8, 4) is 0 Å². The summed E-state index contributed by atoms with van der Waals surface area (Å²) in [5.41, 5.74) is 9.30. The summed E-state index contributed by atoms with van der Waals surface area (Å²) in [5.74, 6) is 0.702. The molecule has 0 saturated carbocycles. The van der Waals surface area contributed by atoms with E-state index < -0.39 is 0 Å². The first-order chi connectivity index (χ1) is 7.31. The molecule has 0 saturated heterocycles. The Morgan fingerprint density at radius 3 is 2.87 bits per heavy atom. The zero-order chi connectivity index (χ0) is 10.7. The maximum absolute atomic E-state index is 5.78. The van der Waals surface area contributed by atoms with E-state index >= 15 is 0 Å². The van der Waals surface area contributed by atoms with Crippen molar-refractivity contribution in [2.24, 2.45) is 5.73 Å². The highest BCUT2D eigenvalue weighted by Gasteiger charge is 2.12. The van der Waals surface area contributed by atoms with Crippen molar-refractivity contribution in [3.05, 3.63) is 59.6 Å². The first kappa shape index (κ1) is 9.65. The van der Waals surface area contributed by atoms with E-state index in [-0.39, 0.29) is 0 Å². The number of allylic oxidation sites excluding steroid dienone is 5. The molecule has 4 N–H and O–H groups in total. The molecule has 2 aliphatic heterocycles. The second-order valence-electron chi connectivity index (χ2n) is 3.53. The lowest BCUT2D eigenvalue weighted by molar-refractivity contribution is 0.814. The van der Waals surface area contributed by atoms with Gasteiger partial charge < -0.3 is 16.4 Å². The zero-order valence-electron chi connectivity index (χ0n) is 8.59. The average Bonchev–Trinajstić information content (AvgIpc) is 2.31. The van der Waals surface area contributed by atoms with Crippen LogP contribution in [0.4, 0.5) is 0 Å². The van der Waals surface area contributed by atoms with Crippen molar-refractivity contribution < 1.29 is 0 Å². The Morgan fingerprint density at radius 1 is 1.33 bits per heavy atom. The SMILES string of the molecule is C=CC1=C(N)NCC(C2=CC=CNC2)=C1. The van der Waals surface area contributed by atoms with E-state index in [1.165, 1.54) is 11.1 Å². The topological polar surface area (TPSA) is 50.1 Å². The minimum Gasteiger partial charge on any atom is -0.387 e. The maximum Gasteiger partial charge on any atom is 0.104 e. The van der Waals surface area contributed by atoms with E-state index in [1.807, 2.05) is 12.3 Å². The molecule has 0 aromatic heterocycles. The zero-order valence-corrected chi connectivity index (χ0v) is 8.59. The van der Waals surface area contributed by atoms with E-state index in [0.29, 0.717) is 5.82 Å². The normalized spacial score (nSPS) is 20.0. The number of dihydropyridines is 2. The molecule has 0 amide bonds. The molecule has 3 nitrogen and oxygen atoms in total. The van der Waals surface area contributed by atoms with Crippen LogP contribution in [0.1, 0.15) is 0 Å². The number of hydrogen-bond donors (Lipinski definition) is 3. The summed E-state index contributed by atoms with van der Waals surface area (Å²) in [6.45, 7) is 5.39. The van der Waals surface area contributed by atoms with Crippen molar-refractivity contribution >= 4 is 0 Å². The van der Waals surface area contributed by atoms with Crippen LogP contribution in [0.3, 0.4) is 0 Å². The first-order valence-corrected chi connectivity index (χ1v) is 4.97. The number of nitrogens with two attached hydrogens (primary N) is 1. The Bertz CT molecular complexity index is 397. The lowest BCUT2D eigenvalue weighted by atomic mass is 9.99. The third-order valence-electron chi connectivity index (χ3n) is 2.55. The van der Waals surface area contributed by atoms with Crippen molar-refractivity contribution in [2.45, 2.75) is 0 Å². The van der Waals surface area contributed by atoms with Gasteiger partial charge in [-0.2, -0.15) is 0 Å². The molecule has 3 heteroatoms. The van der Waals surface area contributed by atoms with Crippen molar-refractivity contribution in [3.63, 3.8) is 0 Å². The predicted molar refractivity (Wildman–Crippen MR) is 62.7 cm³/mol. The van der Waals surface area contributed by atoms with Crippen LogP contribution in [0, 0.1) is 0 Å². The highest BCUT2D eigenvalue weighted by atomic mass is 15.0. The fraction of sp³-hybridized carbons (Fsp3) is 0.167. The summed E-state index contributed by atoms with van der Waals surface area (Å²) in [7, 11) is 0. The summed E-state index contributed by atoms with van der Waals surface area (Å²) in [6.07, 6.45) is 9.93. The lowest BCUT2D eigenvalue weighted by Crippen LogP contribution is -2.29. The second-order valence-corrected chi connectivity index (χ2v) is 3.53. The van der Waals surface area contributed by atoms with Crippen molar-refractivity contribution in [1.82, 2.24) is 10.6 Å². The Labute approximate surface area is 89.7 Å². The van der Waals surface area contributed by atoms with Gasteiger partial charge in [-0.25, -0.2) is 0 Å². The minimum absolute atomic E-state index is 0.702. The summed E-state index contributed by atoms with van der Waals surface area (Å²) in [4.78, 5) is 0. The minimum atomic E-state index is 0.702. The third kappa shape index (κ3) is 1.96. The largest absolute Gasteiger partial charge is 0.387 e. The molecule has 0 fully saturated rings. The molecule has 2 aliphatic rings. The van der Waals surface area contributed by atoms with E-state index in [0.717, 1.165) is 18.7 Å². The van der Waals surface area contributed by atoms with Crippen LogP contribution in [0.2, 0.25) is 0 Å². The van der Waals surface area contributed by atoms with Crippen LogP contribution in [0.15, 0.2) is 59.6 Å². The van der Waals surface area contributed by atoms with Crippen LogP contribution in [0.25, 0.3) is 0 Å². The molecule has 0 bridgehead atoms. The molecule has 0 spiro atoms. The fourth-order valence-electron chi connectivity index (χ4n) is 1.66. The van der Waals surface area contributed by atoms with Gasteiger partial charge in [0.25, 0.3) is 0 Å². The van der Waals surface area contributed by atoms with Gasteiger partial charge in [-0.1, -0.05) is 18.7 Å². The van der Waals surface area contributed by atoms with Gasteiger partial charge in [0.05, 0.1) is 0 Å². The van der Waals surface area contributed by atoms with Crippen LogP contribution >= 0.6 is 0 Å². The summed E-state index contributed by atoms with van der Waals surface area (Å²) >= 11 is 0. The van der Waals surface area contributed by atoms with Crippen LogP contribution in [-0.4, -0.2) is 13.1 Å². The lowest BCUT2D eigenvalue weighted by Gasteiger charge is -2.21. The second kappa shape index (κ2) is 4.09. The standard InChI is InChI=1S/C12H15N3/c1-2-9-6-11(8-15-12(9)13)10-4-3-5-14-7-10/h2-6,14-15H,1,7-8,13H2. The molecule has 0 aromatic rings. The van der Waals surface area contributed by atoms with E-state index in [4.69, 9.17) is 5.73 Å². The van der Waals surface area contributed by atoms with Crippen LogP contribution in [0.5, 0.6) is 0 Å². The molecule has 0 aromatic carbocycles. The number of nitrogens with one attached hydrogen (secondary N) is 2. The molecule has 78 valence electrons. The van der Waals surface area contributed by atoms with Gasteiger partial charge in [0.2, 0.25) is 0 Å². The van der Waals surface area contributed by atoms with Gasteiger partial charge in [0.1, 0.15) is 5.82 Å². The first-order valence-electron chi connectivity index (χ1n) is 4.97. The van der Waals surface area contributed by atoms with Crippen molar-refractivity contribution in [2.75, 3.05) is 13.1 Å². The number of rotatable bonds is 2. The highest BCUT2D eigenvalue weighted by molar-refractivity contribution is 5.48. The Kier molecular flexibility index (Phi) is 2.63.